The lowest BCUT2D eigenvalue weighted by atomic mass is 9.44. The van der Waals surface area contributed by atoms with Gasteiger partial charge in [-0.15, -0.1) is 0 Å². The van der Waals surface area contributed by atoms with E-state index in [1.165, 1.54) is 6.07 Å². The minimum atomic E-state index is -0.879. The third-order valence-corrected chi connectivity index (χ3v) is 14.9. The van der Waals surface area contributed by atoms with E-state index in [9.17, 15) is 24.3 Å². The molecule has 1 saturated heterocycles. The molecule has 4 saturated carbocycles. The number of aliphatic hydroxyl groups is 1. The number of fused-ring (bicyclic) bond motifs is 6. The predicted octanol–water partition coefficient (Wildman–Crippen LogP) is 6.06. The van der Waals surface area contributed by atoms with Gasteiger partial charge in [0.15, 0.2) is 0 Å². The number of aromatic amines is 1. The van der Waals surface area contributed by atoms with Crippen LogP contribution in [0.3, 0.4) is 0 Å². The van der Waals surface area contributed by atoms with Crippen molar-refractivity contribution >= 4 is 28.4 Å². The van der Waals surface area contributed by atoms with Gasteiger partial charge in [0.25, 0.3) is 11.5 Å². The molecule has 7 atom stereocenters. The van der Waals surface area contributed by atoms with Gasteiger partial charge >= 0.3 is 0 Å². The summed E-state index contributed by atoms with van der Waals surface area (Å²) in [5, 5.41) is 20.2. The van der Waals surface area contributed by atoms with Crippen LogP contribution in [-0.2, 0) is 16.0 Å². The van der Waals surface area contributed by atoms with Crippen molar-refractivity contribution in [3.05, 3.63) is 75.5 Å². The van der Waals surface area contributed by atoms with Gasteiger partial charge in [-0.3, -0.25) is 19.2 Å². The van der Waals surface area contributed by atoms with Crippen LogP contribution < -0.4 is 5.56 Å². The van der Waals surface area contributed by atoms with E-state index in [-0.39, 0.29) is 34.3 Å². The molecule has 5 fully saturated rings. The largest absolute Gasteiger partial charge is 0.389 e. The molecule has 1 unspecified atom stereocenters. The fourth-order valence-electron chi connectivity index (χ4n) is 11.7. The van der Waals surface area contributed by atoms with Crippen LogP contribution in [-0.4, -0.2) is 74.5 Å². The summed E-state index contributed by atoms with van der Waals surface area (Å²) in [7, 11) is 0. The number of H-pyrrole nitrogens is 1. The number of rotatable bonds is 6. The number of halogens is 1. The van der Waals surface area contributed by atoms with Gasteiger partial charge in [0.2, 0.25) is 5.91 Å². The molecule has 2 N–H and O–H groups in total. The molecule has 9 nitrogen and oxygen atoms in total. The second-order valence-corrected chi connectivity index (χ2v) is 17.1. The number of ketones is 1. The van der Waals surface area contributed by atoms with E-state index in [1.807, 2.05) is 12.1 Å². The Labute approximate surface area is 304 Å². The number of nitrogens with one attached hydrogen (secondary N) is 1. The molecule has 1 aliphatic heterocycles. The highest BCUT2D eigenvalue weighted by Crippen LogP contribution is 2.68. The van der Waals surface area contributed by atoms with E-state index in [1.54, 1.807) is 34.1 Å². The minimum absolute atomic E-state index is 0.00467. The fourth-order valence-corrected chi connectivity index (χ4v) is 11.7. The van der Waals surface area contributed by atoms with Crippen molar-refractivity contribution in [1.29, 1.82) is 0 Å². The van der Waals surface area contributed by atoms with Crippen LogP contribution in [0.15, 0.2) is 47.3 Å². The number of aromatic nitrogens is 2. The normalized spacial score (nSPS) is 33.0. The Hall–Kier alpha value is -3.92. The first-order chi connectivity index (χ1) is 24.9. The summed E-state index contributed by atoms with van der Waals surface area (Å²) in [5.74, 6) is 1.55. The second kappa shape index (κ2) is 13.2. The highest BCUT2D eigenvalue weighted by Gasteiger charge is 2.64. The Balaban J connectivity index is 0.873. The number of carbonyl (C=O) groups excluding carboxylic acids is 3. The van der Waals surface area contributed by atoms with E-state index in [2.05, 4.69) is 24.0 Å². The Kier molecular flexibility index (Phi) is 8.91. The Morgan fingerprint density at radius 2 is 1.65 bits per heavy atom. The van der Waals surface area contributed by atoms with Gasteiger partial charge in [0.05, 0.1) is 22.2 Å². The van der Waals surface area contributed by atoms with Gasteiger partial charge < -0.3 is 14.9 Å². The van der Waals surface area contributed by atoms with Crippen molar-refractivity contribution in [3.8, 4) is 0 Å². The van der Waals surface area contributed by atoms with Gasteiger partial charge in [0, 0.05) is 57.2 Å². The number of piperazine rings is 1. The number of amides is 2. The molecule has 2 amide bonds. The first-order valence-electron chi connectivity index (χ1n) is 19.5. The van der Waals surface area contributed by atoms with Gasteiger partial charge in [0.1, 0.15) is 11.6 Å². The van der Waals surface area contributed by atoms with E-state index in [0.717, 1.165) is 51.4 Å². The van der Waals surface area contributed by atoms with Crippen LogP contribution in [0.2, 0.25) is 0 Å². The molecule has 3 aromatic rings. The maximum Gasteiger partial charge on any atom is 0.272 e. The van der Waals surface area contributed by atoms with Crippen molar-refractivity contribution in [2.24, 2.45) is 34.5 Å². The smallest absolute Gasteiger partial charge is 0.272 e. The maximum absolute atomic E-state index is 15.0. The second-order valence-electron chi connectivity index (χ2n) is 17.1. The van der Waals surface area contributed by atoms with E-state index in [0.29, 0.717) is 96.9 Å². The molecule has 4 aliphatic carbocycles. The monoisotopic (exact) mass is 710 g/mol. The number of Topliss-reactive ketones (excluding diaryl/α,β-unsaturated/α-hetero) is 1. The molecular formula is C42H51FN4O5. The summed E-state index contributed by atoms with van der Waals surface area (Å²) in [6.45, 7) is 6.06. The van der Waals surface area contributed by atoms with Crippen molar-refractivity contribution in [2.45, 2.75) is 96.5 Å². The lowest BCUT2D eigenvalue weighted by Crippen LogP contribution is -2.56. The predicted molar refractivity (Wildman–Crippen MR) is 195 cm³/mol. The summed E-state index contributed by atoms with van der Waals surface area (Å²) in [4.78, 5) is 55.0. The van der Waals surface area contributed by atoms with Crippen LogP contribution in [0.4, 0.5) is 4.39 Å². The highest BCUT2D eigenvalue weighted by atomic mass is 19.1. The molecule has 2 aromatic carbocycles. The maximum atomic E-state index is 15.0. The third kappa shape index (κ3) is 5.80. The van der Waals surface area contributed by atoms with Crippen molar-refractivity contribution in [1.82, 2.24) is 20.0 Å². The number of hydrogen-bond acceptors (Lipinski definition) is 6. The lowest BCUT2D eigenvalue weighted by molar-refractivity contribution is -0.160. The van der Waals surface area contributed by atoms with E-state index >= 15 is 4.39 Å². The molecule has 2 heterocycles. The number of hydrogen-bond donors (Lipinski definition) is 2. The molecule has 276 valence electrons. The SMILES string of the molecule is C[C@]12CCC(=O)C[C@@H]1CC[C@@H]1[C@@H]2CC[C@@]2(C)[C@H]1CCC2(O)CCC(=O)N1CCN(C(=O)c2cc(Cc3n[nH]c(=O)c4ccccc34)ccc2F)CC1. The molecular weight excluding hydrogens is 659 g/mol. The first-order valence-corrected chi connectivity index (χ1v) is 19.5. The molecule has 0 radical (unpaired) electrons. The average molecular weight is 711 g/mol. The van der Waals surface area contributed by atoms with Crippen molar-refractivity contribution < 1.29 is 23.9 Å². The Bertz CT molecular complexity index is 1970. The quantitative estimate of drug-likeness (QED) is 0.321. The molecule has 0 bridgehead atoms. The summed E-state index contributed by atoms with van der Waals surface area (Å²) in [5.41, 5.74) is 0.161. The zero-order valence-electron chi connectivity index (χ0n) is 30.5. The Morgan fingerprint density at radius 1 is 0.923 bits per heavy atom. The molecule has 5 aliphatic rings. The lowest BCUT2D eigenvalue weighted by Gasteiger charge is -2.61. The zero-order chi connectivity index (χ0) is 36.4. The van der Waals surface area contributed by atoms with Gasteiger partial charge in [-0.1, -0.05) is 38.1 Å². The fraction of sp³-hybridized carbons (Fsp3) is 0.595. The zero-order valence-corrected chi connectivity index (χ0v) is 30.5. The highest BCUT2D eigenvalue weighted by molar-refractivity contribution is 5.95. The van der Waals surface area contributed by atoms with Crippen LogP contribution in [0.5, 0.6) is 0 Å². The summed E-state index contributed by atoms with van der Waals surface area (Å²) < 4.78 is 15.0. The summed E-state index contributed by atoms with van der Waals surface area (Å²) in [6, 6.07) is 11.7. The Morgan fingerprint density at radius 3 is 2.44 bits per heavy atom. The molecule has 10 heteroatoms. The molecule has 0 spiro atoms. The van der Waals surface area contributed by atoms with Gasteiger partial charge in [-0.05, 0) is 110 Å². The van der Waals surface area contributed by atoms with Crippen molar-refractivity contribution in [3.63, 3.8) is 0 Å². The van der Waals surface area contributed by atoms with Gasteiger partial charge in [-0.2, -0.15) is 5.10 Å². The summed E-state index contributed by atoms with van der Waals surface area (Å²) >= 11 is 0. The van der Waals surface area contributed by atoms with E-state index < -0.39 is 17.3 Å². The number of benzene rings is 2. The van der Waals surface area contributed by atoms with Crippen LogP contribution in [0.25, 0.3) is 10.8 Å². The minimum Gasteiger partial charge on any atom is -0.389 e. The molecule has 52 heavy (non-hydrogen) atoms. The van der Waals surface area contributed by atoms with Crippen LogP contribution in [0.1, 0.15) is 106 Å². The third-order valence-electron chi connectivity index (χ3n) is 14.9. The number of nitrogens with zero attached hydrogens (tertiary/aromatic N) is 3. The van der Waals surface area contributed by atoms with Gasteiger partial charge in [-0.25, -0.2) is 9.49 Å². The molecule has 1 aromatic heterocycles. The van der Waals surface area contributed by atoms with Crippen LogP contribution >= 0.6 is 0 Å². The topological polar surface area (TPSA) is 124 Å². The number of carbonyl (C=O) groups is 3. The average Bonchev–Trinajstić information content (AvgIpc) is 3.42. The van der Waals surface area contributed by atoms with Crippen LogP contribution in [0, 0.1) is 40.3 Å². The van der Waals surface area contributed by atoms with Crippen molar-refractivity contribution in [2.75, 3.05) is 26.2 Å². The summed E-state index contributed by atoms with van der Waals surface area (Å²) in [6.07, 6.45) is 9.55. The standard InChI is InChI=1S/C42H51FN4O5/c1-40-15-11-28(48)25-27(40)8-9-31-33(40)12-16-41(2)34(31)13-17-42(41,52)18-14-37(49)46-19-21-47(22-20-46)39(51)32-23-26(7-10-35(32)43)24-36-29-5-3-4-6-30(29)38(50)45-44-36/h3-7,10,23,27,31,33-34,52H,8-9,11-22,24-25H2,1-2H3,(H,45,50)/t27-,31+,33-,34-,40-,41-,42?/m0/s1. The van der Waals surface area contributed by atoms with E-state index in [4.69, 9.17) is 0 Å². The molecule has 8 rings (SSSR count). The first kappa shape index (κ1) is 35.1.